The second-order valence-corrected chi connectivity index (χ2v) is 9.91. The number of fused-ring (bicyclic) bond motifs is 2. The topological polar surface area (TPSA) is 78.8 Å². The number of nitrogens with zero attached hydrogens (tertiary/aromatic N) is 3. The molecule has 0 aliphatic carbocycles. The lowest BCUT2D eigenvalue weighted by Crippen LogP contribution is -2.35. The molecule has 1 saturated heterocycles. The van der Waals surface area contributed by atoms with Crippen molar-refractivity contribution >= 4 is 22.1 Å². The molecule has 3 heterocycles. The molecule has 184 valence electrons. The Labute approximate surface area is 211 Å². The van der Waals surface area contributed by atoms with E-state index in [9.17, 15) is 5.11 Å². The highest BCUT2D eigenvalue weighted by atomic mass is 16.3. The van der Waals surface area contributed by atoms with Gasteiger partial charge >= 0.3 is 0 Å². The third-order valence-electron chi connectivity index (χ3n) is 7.50. The first-order valence-electron chi connectivity index (χ1n) is 13.1. The van der Waals surface area contributed by atoms with E-state index < -0.39 is 6.10 Å². The minimum absolute atomic E-state index is 0.104. The van der Waals surface area contributed by atoms with Gasteiger partial charge in [0.1, 0.15) is 11.6 Å². The molecule has 6 nitrogen and oxygen atoms in total. The maximum atomic E-state index is 10.8. The molecule has 36 heavy (non-hydrogen) atoms. The van der Waals surface area contributed by atoms with Crippen molar-refractivity contribution in [3.05, 3.63) is 95.6 Å². The normalized spacial score (nSPS) is 18.8. The first-order chi connectivity index (χ1) is 17.7. The maximum Gasteiger partial charge on any atom is 0.109 e. The zero-order valence-corrected chi connectivity index (χ0v) is 20.7. The van der Waals surface area contributed by atoms with Crippen LogP contribution in [0.3, 0.4) is 0 Å². The van der Waals surface area contributed by atoms with E-state index in [1.54, 1.807) is 0 Å². The number of aromatic nitrogens is 4. The van der Waals surface area contributed by atoms with Crippen molar-refractivity contribution in [2.24, 2.45) is 0 Å². The van der Waals surface area contributed by atoms with Crippen LogP contribution >= 0.6 is 0 Å². The quantitative estimate of drug-likeness (QED) is 0.289. The second-order valence-electron chi connectivity index (χ2n) is 9.91. The molecule has 0 spiro atoms. The number of hydrogen-bond donors (Lipinski definition) is 3. The second kappa shape index (κ2) is 9.88. The summed E-state index contributed by atoms with van der Waals surface area (Å²) in [5.74, 6) is 2.13. The number of hydrogen-bond acceptors (Lipinski definition) is 4. The van der Waals surface area contributed by atoms with Crippen LogP contribution in [0.2, 0.25) is 0 Å². The number of nitrogens with one attached hydrogen (secondary N) is 2. The molecular weight excluding hydrogens is 446 g/mol. The molecule has 5 aromatic rings. The van der Waals surface area contributed by atoms with Crippen molar-refractivity contribution in [2.75, 3.05) is 0 Å². The molecule has 3 N–H and O–H groups in total. The van der Waals surface area contributed by atoms with Crippen molar-refractivity contribution in [1.29, 1.82) is 0 Å². The molecule has 0 bridgehead atoms. The highest BCUT2D eigenvalue weighted by molar-refractivity contribution is 5.76. The maximum absolute atomic E-state index is 10.8. The predicted molar refractivity (Wildman–Crippen MR) is 144 cm³/mol. The van der Waals surface area contributed by atoms with Gasteiger partial charge in [-0.05, 0) is 54.7 Å². The molecule has 2 aromatic heterocycles. The summed E-state index contributed by atoms with van der Waals surface area (Å²) in [6.07, 6.45) is 4.29. The van der Waals surface area contributed by atoms with E-state index in [0.29, 0.717) is 6.04 Å². The van der Waals surface area contributed by atoms with Crippen LogP contribution < -0.4 is 5.32 Å². The summed E-state index contributed by atoms with van der Waals surface area (Å²) in [7, 11) is 0. The summed E-state index contributed by atoms with van der Waals surface area (Å²) < 4.78 is 2.32. The van der Waals surface area contributed by atoms with E-state index >= 15 is 0 Å². The number of benzene rings is 3. The van der Waals surface area contributed by atoms with Crippen molar-refractivity contribution in [1.82, 2.24) is 24.8 Å². The first-order valence-corrected chi connectivity index (χ1v) is 13.1. The molecule has 3 aromatic carbocycles. The van der Waals surface area contributed by atoms with E-state index in [1.165, 1.54) is 11.1 Å². The lowest BCUT2D eigenvalue weighted by Gasteiger charge is -2.20. The summed E-state index contributed by atoms with van der Waals surface area (Å²) in [4.78, 5) is 13.2. The van der Waals surface area contributed by atoms with Gasteiger partial charge in [0.25, 0.3) is 0 Å². The van der Waals surface area contributed by atoms with Crippen LogP contribution in [-0.4, -0.2) is 36.7 Å². The van der Waals surface area contributed by atoms with Crippen molar-refractivity contribution in [3.63, 3.8) is 0 Å². The molecule has 0 amide bonds. The van der Waals surface area contributed by atoms with Crippen LogP contribution in [0, 0.1) is 0 Å². The van der Waals surface area contributed by atoms with Gasteiger partial charge in [-0.2, -0.15) is 0 Å². The smallest absolute Gasteiger partial charge is 0.109 e. The largest absolute Gasteiger partial charge is 0.387 e. The summed E-state index contributed by atoms with van der Waals surface area (Å²) in [6, 6.07) is 25.3. The van der Waals surface area contributed by atoms with Crippen LogP contribution in [0.15, 0.2) is 72.8 Å². The molecule has 3 atom stereocenters. The molecular formula is C30H33N5O. The van der Waals surface area contributed by atoms with Gasteiger partial charge < -0.3 is 20.0 Å². The standard InChI is InChI=1S/C30H33N5O/c1-2-29-34-24-10-6-7-11-27(24)35(29)17-16-28-32-23-14-12-20(19-26(23)33-28)18-22-13-15-25(31-22)30(36)21-8-4-3-5-9-21/h3-12,14,19,22,25,30-31,36H,2,13,15-18H2,1H3,(H,32,33)/t22-,25+,30+/m0/s1. The first kappa shape index (κ1) is 23.0. The number of aliphatic hydroxyl groups excluding tert-OH is 1. The van der Waals surface area contributed by atoms with Crippen LogP contribution in [0.5, 0.6) is 0 Å². The van der Waals surface area contributed by atoms with Gasteiger partial charge in [-0.25, -0.2) is 9.97 Å². The summed E-state index contributed by atoms with van der Waals surface area (Å²) in [6.45, 7) is 3.01. The Balaban J connectivity index is 1.12. The summed E-state index contributed by atoms with van der Waals surface area (Å²) in [5.41, 5.74) is 6.62. The van der Waals surface area contributed by atoms with Gasteiger partial charge in [-0.3, -0.25) is 0 Å². The zero-order valence-electron chi connectivity index (χ0n) is 20.7. The van der Waals surface area contributed by atoms with Crippen molar-refractivity contribution in [3.8, 4) is 0 Å². The van der Waals surface area contributed by atoms with Gasteiger partial charge in [0.05, 0.1) is 28.2 Å². The zero-order chi connectivity index (χ0) is 24.5. The van der Waals surface area contributed by atoms with Gasteiger partial charge in [0.15, 0.2) is 0 Å². The Bertz CT molecular complexity index is 1470. The molecule has 0 radical (unpaired) electrons. The highest BCUT2D eigenvalue weighted by Gasteiger charge is 2.29. The fourth-order valence-corrected chi connectivity index (χ4v) is 5.64. The van der Waals surface area contributed by atoms with Gasteiger partial charge in [0.2, 0.25) is 0 Å². The highest BCUT2D eigenvalue weighted by Crippen LogP contribution is 2.27. The van der Waals surface area contributed by atoms with Gasteiger partial charge in [-0.1, -0.05) is 55.5 Å². The predicted octanol–water partition coefficient (Wildman–Crippen LogP) is 5.11. The number of imidazole rings is 2. The van der Waals surface area contributed by atoms with Gasteiger partial charge in [-0.15, -0.1) is 0 Å². The number of H-pyrrole nitrogens is 1. The third-order valence-corrected chi connectivity index (χ3v) is 7.50. The average Bonchev–Trinajstić information content (AvgIpc) is 3.64. The Morgan fingerprint density at radius 2 is 1.81 bits per heavy atom. The van der Waals surface area contributed by atoms with E-state index in [0.717, 1.165) is 72.4 Å². The van der Waals surface area contributed by atoms with Gasteiger partial charge in [0, 0.05) is 31.5 Å². The average molecular weight is 480 g/mol. The number of aryl methyl sites for hydroxylation is 3. The molecule has 6 rings (SSSR count). The molecule has 1 aliphatic heterocycles. The van der Waals surface area contributed by atoms with Crippen LogP contribution in [0.4, 0.5) is 0 Å². The van der Waals surface area contributed by atoms with E-state index in [-0.39, 0.29) is 6.04 Å². The minimum Gasteiger partial charge on any atom is -0.387 e. The molecule has 1 fully saturated rings. The summed E-state index contributed by atoms with van der Waals surface area (Å²) >= 11 is 0. The fraction of sp³-hybridized carbons (Fsp3) is 0.333. The molecule has 0 saturated carbocycles. The molecule has 1 aliphatic rings. The van der Waals surface area contributed by atoms with Crippen molar-refractivity contribution < 1.29 is 5.11 Å². The van der Waals surface area contributed by atoms with Crippen LogP contribution in [-0.2, 0) is 25.8 Å². The minimum atomic E-state index is -0.463. The molecule has 6 heteroatoms. The Morgan fingerprint density at radius 1 is 0.972 bits per heavy atom. The van der Waals surface area contributed by atoms with E-state index in [2.05, 4.69) is 58.2 Å². The SMILES string of the molecule is CCc1nc2ccccc2n1CCc1nc2ccc(C[C@@H]3CC[C@H]([C@H](O)c4ccccc4)N3)cc2[nH]1. The Kier molecular flexibility index (Phi) is 6.30. The number of para-hydroxylation sites is 2. The Morgan fingerprint density at radius 3 is 2.67 bits per heavy atom. The van der Waals surface area contributed by atoms with E-state index in [4.69, 9.17) is 9.97 Å². The van der Waals surface area contributed by atoms with Crippen LogP contribution in [0.25, 0.3) is 22.1 Å². The van der Waals surface area contributed by atoms with E-state index in [1.807, 2.05) is 36.4 Å². The lowest BCUT2D eigenvalue weighted by atomic mass is 10.0. The van der Waals surface area contributed by atoms with Crippen LogP contribution in [0.1, 0.15) is 48.6 Å². The number of aromatic amines is 1. The number of rotatable bonds is 8. The molecule has 0 unspecified atom stereocenters. The number of aliphatic hydroxyl groups is 1. The third kappa shape index (κ3) is 4.54. The Hall–Kier alpha value is -3.48. The monoisotopic (exact) mass is 479 g/mol. The lowest BCUT2D eigenvalue weighted by molar-refractivity contribution is 0.135. The summed E-state index contributed by atoms with van der Waals surface area (Å²) in [5, 5.41) is 14.4. The fourth-order valence-electron chi connectivity index (χ4n) is 5.64. The van der Waals surface area contributed by atoms with Crippen molar-refractivity contribution in [2.45, 2.75) is 63.8 Å².